The summed E-state index contributed by atoms with van der Waals surface area (Å²) in [7, 11) is 0. The Morgan fingerprint density at radius 3 is 2.57 bits per heavy atom. The van der Waals surface area contributed by atoms with Crippen LogP contribution in [0.5, 0.6) is 0 Å². The fourth-order valence-corrected chi connectivity index (χ4v) is 1.89. The Bertz CT molecular complexity index is 203. The second kappa shape index (κ2) is 4.94. The zero-order valence-corrected chi connectivity index (χ0v) is 9.71. The number of hydrogen-bond acceptors (Lipinski definition) is 2. The second-order valence-electron chi connectivity index (χ2n) is 5.11. The average Bonchev–Trinajstić information content (AvgIpc) is 2.14. The molecule has 0 spiro atoms. The summed E-state index contributed by atoms with van der Waals surface area (Å²) < 4.78 is 0. The minimum Gasteiger partial charge on any atom is -0.396 e. The van der Waals surface area contributed by atoms with Gasteiger partial charge in [-0.05, 0) is 18.3 Å². The lowest BCUT2D eigenvalue weighted by molar-refractivity contribution is 0.228. The van der Waals surface area contributed by atoms with Gasteiger partial charge >= 0.3 is 0 Å². The third-order valence-electron chi connectivity index (χ3n) is 2.89. The van der Waals surface area contributed by atoms with Crippen LogP contribution in [0.1, 0.15) is 33.6 Å². The van der Waals surface area contributed by atoms with Crippen LogP contribution in [0, 0.1) is 5.41 Å². The van der Waals surface area contributed by atoms with Crippen molar-refractivity contribution < 1.29 is 5.11 Å². The van der Waals surface area contributed by atoms with Crippen LogP contribution in [-0.4, -0.2) is 36.2 Å². The third-order valence-corrected chi connectivity index (χ3v) is 2.89. The molecule has 0 radical (unpaired) electrons. The molecule has 1 heterocycles. The Hall–Kier alpha value is -0.340. The molecule has 0 unspecified atom stereocenters. The summed E-state index contributed by atoms with van der Waals surface area (Å²) in [6.45, 7) is 10.4. The van der Waals surface area contributed by atoms with Crippen molar-refractivity contribution in [3.05, 3.63) is 11.6 Å². The molecule has 1 aliphatic heterocycles. The fraction of sp³-hybridized carbons (Fsp3) is 0.833. The highest BCUT2D eigenvalue weighted by Gasteiger charge is 2.20. The summed E-state index contributed by atoms with van der Waals surface area (Å²) in [4.78, 5) is 2.41. The first-order valence-corrected chi connectivity index (χ1v) is 5.57. The van der Waals surface area contributed by atoms with Crippen LogP contribution in [0.4, 0.5) is 0 Å². The van der Waals surface area contributed by atoms with Crippen molar-refractivity contribution in [3.8, 4) is 0 Å². The summed E-state index contributed by atoms with van der Waals surface area (Å²) in [6.07, 6.45) is 4.45. The Labute approximate surface area is 87.6 Å². The van der Waals surface area contributed by atoms with E-state index in [1.165, 1.54) is 6.42 Å². The zero-order chi connectivity index (χ0) is 10.6. The van der Waals surface area contributed by atoms with Gasteiger partial charge in [0.05, 0.1) is 0 Å². The molecular weight excluding hydrogens is 174 g/mol. The van der Waals surface area contributed by atoms with Crippen LogP contribution in [0.25, 0.3) is 0 Å². The smallest absolute Gasteiger partial charge is 0.0443 e. The predicted octanol–water partition coefficient (Wildman–Crippen LogP) is 2.05. The molecule has 1 rings (SSSR count). The maximum absolute atomic E-state index is 8.74. The third kappa shape index (κ3) is 3.43. The van der Waals surface area contributed by atoms with Gasteiger partial charge in [-0.25, -0.2) is 0 Å². The number of nitrogens with zero attached hydrogens (tertiary/aromatic N) is 1. The largest absolute Gasteiger partial charge is 0.396 e. The minimum atomic E-state index is 0.312. The fourth-order valence-electron chi connectivity index (χ4n) is 1.89. The van der Waals surface area contributed by atoms with Crippen molar-refractivity contribution in [2.75, 3.05) is 26.2 Å². The van der Waals surface area contributed by atoms with Gasteiger partial charge in [0.25, 0.3) is 0 Å². The highest BCUT2D eigenvalue weighted by atomic mass is 16.3. The van der Waals surface area contributed by atoms with Crippen molar-refractivity contribution in [3.63, 3.8) is 0 Å². The second-order valence-corrected chi connectivity index (χ2v) is 5.11. The predicted molar refractivity (Wildman–Crippen MR) is 60.3 cm³/mol. The Kier molecular flexibility index (Phi) is 4.14. The van der Waals surface area contributed by atoms with Gasteiger partial charge in [0.15, 0.2) is 0 Å². The monoisotopic (exact) mass is 197 g/mol. The lowest BCUT2D eigenvalue weighted by Gasteiger charge is -2.32. The van der Waals surface area contributed by atoms with Crippen LogP contribution in [0.3, 0.4) is 0 Å². The molecule has 0 amide bonds. The summed E-state index contributed by atoms with van der Waals surface area (Å²) in [5.74, 6) is 0. The van der Waals surface area contributed by atoms with Crippen LogP contribution < -0.4 is 0 Å². The molecule has 0 aromatic carbocycles. The van der Waals surface area contributed by atoms with E-state index in [1.807, 2.05) is 0 Å². The molecule has 1 aliphatic rings. The number of hydrogen-bond donors (Lipinski definition) is 1. The van der Waals surface area contributed by atoms with Crippen LogP contribution in [0.15, 0.2) is 11.6 Å². The van der Waals surface area contributed by atoms with E-state index in [1.54, 1.807) is 5.57 Å². The number of rotatable bonds is 3. The molecule has 0 aromatic heterocycles. The molecule has 0 aliphatic carbocycles. The van der Waals surface area contributed by atoms with Crippen molar-refractivity contribution >= 4 is 0 Å². The normalized spacial score (nSPS) is 19.6. The van der Waals surface area contributed by atoms with E-state index < -0.39 is 0 Å². The van der Waals surface area contributed by atoms with E-state index in [-0.39, 0.29) is 0 Å². The van der Waals surface area contributed by atoms with Crippen molar-refractivity contribution in [1.82, 2.24) is 4.90 Å². The first-order chi connectivity index (χ1) is 6.54. The van der Waals surface area contributed by atoms with Gasteiger partial charge in [-0.2, -0.15) is 0 Å². The maximum atomic E-state index is 8.74. The summed E-state index contributed by atoms with van der Waals surface area (Å²) in [5.41, 5.74) is 1.92. The lowest BCUT2D eigenvalue weighted by Crippen LogP contribution is -2.32. The topological polar surface area (TPSA) is 23.5 Å². The maximum Gasteiger partial charge on any atom is 0.0443 e. The lowest BCUT2D eigenvalue weighted by atomic mass is 9.83. The van der Waals surface area contributed by atoms with Crippen LogP contribution in [-0.2, 0) is 0 Å². The van der Waals surface area contributed by atoms with Crippen molar-refractivity contribution in [2.24, 2.45) is 5.41 Å². The summed E-state index contributed by atoms with van der Waals surface area (Å²) in [6, 6.07) is 0. The highest BCUT2D eigenvalue weighted by molar-refractivity contribution is 5.14. The van der Waals surface area contributed by atoms with Gasteiger partial charge in [0.2, 0.25) is 0 Å². The Morgan fingerprint density at radius 2 is 2.14 bits per heavy atom. The molecule has 2 nitrogen and oxygen atoms in total. The van der Waals surface area contributed by atoms with E-state index in [4.69, 9.17) is 5.11 Å². The molecule has 0 fully saturated rings. The highest BCUT2D eigenvalue weighted by Crippen LogP contribution is 2.29. The first-order valence-electron chi connectivity index (χ1n) is 5.57. The molecule has 0 saturated carbocycles. The molecule has 14 heavy (non-hydrogen) atoms. The molecular formula is C12H23NO. The quantitative estimate of drug-likeness (QED) is 0.700. The van der Waals surface area contributed by atoms with Gasteiger partial charge in [0, 0.05) is 26.2 Å². The van der Waals surface area contributed by atoms with E-state index in [0.29, 0.717) is 12.0 Å². The van der Waals surface area contributed by atoms with E-state index >= 15 is 0 Å². The standard InChI is InChI=1S/C12H23NO/c1-12(2,3)11-5-8-13(9-6-11)7-4-10-14/h5,14H,4,6-10H2,1-3H3. The molecule has 0 aromatic rings. The molecule has 82 valence electrons. The Balaban J connectivity index is 2.39. The first kappa shape index (κ1) is 11.7. The molecule has 2 heteroatoms. The van der Waals surface area contributed by atoms with Crippen LogP contribution >= 0.6 is 0 Å². The SMILES string of the molecule is CC(C)(C)C1=CCN(CCCO)CC1. The summed E-state index contributed by atoms with van der Waals surface area (Å²) in [5, 5.41) is 8.74. The van der Waals surface area contributed by atoms with Gasteiger partial charge < -0.3 is 5.11 Å². The van der Waals surface area contributed by atoms with Gasteiger partial charge in [0.1, 0.15) is 0 Å². The molecule has 0 saturated heterocycles. The molecule has 0 bridgehead atoms. The Morgan fingerprint density at radius 1 is 1.43 bits per heavy atom. The van der Waals surface area contributed by atoms with Crippen LogP contribution in [0.2, 0.25) is 0 Å². The van der Waals surface area contributed by atoms with E-state index in [9.17, 15) is 0 Å². The van der Waals surface area contributed by atoms with E-state index in [0.717, 1.165) is 26.1 Å². The minimum absolute atomic E-state index is 0.312. The van der Waals surface area contributed by atoms with Gasteiger partial charge in [-0.15, -0.1) is 0 Å². The zero-order valence-electron chi connectivity index (χ0n) is 9.71. The van der Waals surface area contributed by atoms with Crippen molar-refractivity contribution in [1.29, 1.82) is 0 Å². The number of aliphatic hydroxyl groups is 1. The van der Waals surface area contributed by atoms with E-state index in [2.05, 4.69) is 31.7 Å². The molecule has 1 N–H and O–H groups in total. The summed E-state index contributed by atoms with van der Waals surface area (Å²) >= 11 is 0. The average molecular weight is 197 g/mol. The molecule has 0 atom stereocenters. The van der Waals surface area contributed by atoms with Gasteiger partial charge in [-0.1, -0.05) is 32.4 Å². The number of aliphatic hydroxyl groups excluding tert-OH is 1. The van der Waals surface area contributed by atoms with Crippen molar-refractivity contribution in [2.45, 2.75) is 33.6 Å². The van der Waals surface area contributed by atoms with Gasteiger partial charge in [-0.3, -0.25) is 4.90 Å².